The fraction of sp³-hybridized carbons (Fsp3) is 0.800. The van der Waals surface area contributed by atoms with E-state index in [1.165, 1.54) is 0 Å². The van der Waals surface area contributed by atoms with Crippen LogP contribution in [0.5, 0.6) is 0 Å². The molecule has 0 aliphatic heterocycles. The first-order valence-electron chi connectivity index (χ1n) is 4.43. The summed E-state index contributed by atoms with van der Waals surface area (Å²) in [4.78, 5) is 13.0. The van der Waals surface area contributed by atoms with Crippen molar-refractivity contribution in [1.82, 2.24) is 4.90 Å². The molecule has 1 unspecified atom stereocenters. The van der Waals surface area contributed by atoms with Crippen LogP contribution in [0.15, 0.2) is 0 Å². The quantitative estimate of drug-likeness (QED) is 0.653. The summed E-state index contributed by atoms with van der Waals surface area (Å²) in [6.07, 6.45) is -0.0308. The second kappa shape index (κ2) is 4.27. The standard InChI is InChI=1S/C10H18N2O/c1-8(10(2,3)4)12(5)9(13)6-7-11/h8H,6H2,1-5H3. The molecule has 0 spiro atoms. The van der Waals surface area contributed by atoms with Crippen LogP contribution < -0.4 is 0 Å². The van der Waals surface area contributed by atoms with Crippen LogP contribution in [0, 0.1) is 16.7 Å². The topological polar surface area (TPSA) is 44.1 Å². The third-order valence-corrected chi connectivity index (χ3v) is 2.46. The molecule has 74 valence electrons. The molecular formula is C10H18N2O. The monoisotopic (exact) mass is 182 g/mol. The number of carbonyl (C=O) groups is 1. The van der Waals surface area contributed by atoms with Crippen molar-refractivity contribution in [2.75, 3.05) is 7.05 Å². The highest BCUT2D eigenvalue weighted by Gasteiger charge is 2.26. The number of nitriles is 1. The van der Waals surface area contributed by atoms with E-state index in [4.69, 9.17) is 5.26 Å². The van der Waals surface area contributed by atoms with Gasteiger partial charge in [-0.25, -0.2) is 0 Å². The molecule has 0 fully saturated rings. The molecule has 0 radical (unpaired) electrons. The molecule has 3 nitrogen and oxygen atoms in total. The molecule has 0 rings (SSSR count). The minimum Gasteiger partial charge on any atom is -0.342 e. The van der Waals surface area contributed by atoms with Crippen molar-refractivity contribution in [2.45, 2.75) is 40.2 Å². The third kappa shape index (κ3) is 3.45. The molecule has 0 aromatic heterocycles. The molecule has 0 aliphatic carbocycles. The third-order valence-electron chi connectivity index (χ3n) is 2.46. The van der Waals surface area contributed by atoms with E-state index in [2.05, 4.69) is 20.8 Å². The lowest BCUT2D eigenvalue weighted by molar-refractivity contribution is -0.132. The van der Waals surface area contributed by atoms with E-state index in [0.717, 1.165) is 0 Å². The second-order valence-corrected chi connectivity index (χ2v) is 4.38. The molecule has 0 aromatic rings. The Labute approximate surface area is 80.3 Å². The maximum atomic E-state index is 11.3. The van der Waals surface area contributed by atoms with Crippen LogP contribution in [-0.4, -0.2) is 23.9 Å². The molecule has 1 amide bonds. The molecule has 0 saturated heterocycles. The summed E-state index contributed by atoms with van der Waals surface area (Å²) >= 11 is 0. The maximum Gasteiger partial charge on any atom is 0.236 e. The molecule has 0 heterocycles. The fourth-order valence-electron chi connectivity index (χ4n) is 0.989. The van der Waals surface area contributed by atoms with Crippen LogP contribution in [0.3, 0.4) is 0 Å². The van der Waals surface area contributed by atoms with Crippen molar-refractivity contribution >= 4 is 5.91 Å². The van der Waals surface area contributed by atoms with Crippen LogP contribution in [0.2, 0.25) is 0 Å². The van der Waals surface area contributed by atoms with Gasteiger partial charge < -0.3 is 4.90 Å². The van der Waals surface area contributed by atoms with E-state index in [1.807, 2.05) is 13.0 Å². The molecular weight excluding hydrogens is 164 g/mol. The molecule has 1 atom stereocenters. The zero-order valence-corrected chi connectivity index (χ0v) is 9.09. The first-order valence-corrected chi connectivity index (χ1v) is 4.43. The van der Waals surface area contributed by atoms with Gasteiger partial charge in [-0.2, -0.15) is 5.26 Å². The highest BCUT2D eigenvalue weighted by molar-refractivity contribution is 5.78. The smallest absolute Gasteiger partial charge is 0.236 e. The Morgan fingerprint density at radius 1 is 1.54 bits per heavy atom. The molecule has 0 aliphatic rings. The minimum absolute atomic E-state index is 0.0308. The Morgan fingerprint density at radius 3 is 2.31 bits per heavy atom. The van der Waals surface area contributed by atoms with Crippen molar-refractivity contribution < 1.29 is 4.79 Å². The number of hydrogen-bond donors (Lipinski definition) is 0. The van der Waals surface area contributed by atoms with Gasteiger partial charge in [0.1, 0.15) is 6.42 Å². The fourth-order valence-corrected chi connectivity index (χ4v) is 0.989. The summed E-state index contributed by atoms with van der Waals surface area (Å²) in [7, 11) is 1.75. The first-order chi connectivity index (χ1) is 5.80. The van der Waals surface area contributed by atoms with Gasteiger partial charge in [0.25, 0.3) is 0 Å². The molecule has 0 saturated carbocycles. The summed E-state index contributed by atoms with van der Waals surface area (Å²) in [6.45, 7) is 8.23. The summed E-state index contributed by atoms with van der Waals surface area (Å²) in [6, 6.07) is 2.01. The normalized spacial score (nSPS) is 13.2. The number of carbonyl (C=O) groups excluding carboxylic acids is 1. The van der Waals surface area contributed by atoms with Crippen molar-refractivity contribution in [3.05, 3.63) is 0 Å². The molecule has 0 N–H and O–H groups in total. The van der Waals surface area contributed by atoms with Gasteiger partial charge in [0, 0.05) is 13.1 Å². The number of nitrogens with zero attached hydrogens (tertiary/aromatic N) is 2. The lowest BCUT2D eigenvalue weighted by atomic mass is 9.87. The first kappa shape index (κ1) is 12.0. The van der Waals surface area contributed by atoms with Gasteiger partial charge in [-0.1, -0.05) is 20.8 Å². The lowest BCUT2D eigenvalue weighted by Gasteiger charge is -2.35. The highest BCUT2D eigenvalue weighted by Crippen LogP contribution is 2.23. The van der Waals surface area contributed by atoms with Gasteiger partial charge in [0.15, 0.2) is 0 Å². The van der Waals surface area contributed by atoms with Crippen LogP contribution in [0.4, 0.5) is 0 Å². The van der Waals surface area contributed by atoms with Gasteiger partial charge in [-0.3, -0.25) is 4.79 Å². The highest BCUT2D eigenvalue weighted by atomic mass is 16.2. The van der Waals surface area contributed by atoms with E-state index in [9.17, 15) is 4.79 Å². The van der Waals surface area contributed by atoms with Gasteiger partial charge in [0.2, 0.25) is 5.91 Å². The van der Waals surface area contributed by atoms with Crippen molar-refractivity contribution in [2.24, 2.45) is 5.41 Å². The van der Waals surface area contributed by atoms with Gasteiger partial charge in [-0.05, 0) is 12.3 Å². The lowest BCUT2D eigenvalue weighted by Crippen LogP contribution is -2.42. The van der Waals surface area contributed by atoms with E-state index in [1.54, 1.807) is 11.9 Å². The summed E-state index contributed by atoms with van der Waals surface area (Å²) < 4.78 is 0. The predicted molar refractivity (Wildman–Crippen MR) is 51.9 cm³/mol. The Morgan fingerprint density at radius 2 is 2.00 bits per heavy atom. The van der Waals surface area contributed by atoms with E-state index in [-0.39, 0.29) is 23.8 Å². The van der Waals surface area contributed by atoms with E-state index < -0.39 is 0 Å². The molecule has 0 bridgehead atoms. The van der Waals surface area contributed by atoms with Crippen LogP contribution in [-0.2, 0) is 4.79 Å². The van der Waals surface area contributed by atoms with Crippen LogP contribution in [0.25, 0.3) is 0 Å². The SMILES string of the molecule is CC(N(C)C(=O)CC#N)C(C)(C)C. The van der Waals surface area contributed by atoms with Crippen molar-refractivity contribution in [3.8, 4) is 6.07 Å². The Hall–Kier alpha value is -1.04. The Bertz CT molecular complexity index is 222. The summed E-state index contributed by atoms with van der Waals surface area (Å²) in [5.74, 6) is -0.107. The largest absolute Gasteiger partial charge is 0.342 e. The predicted octanol–water partition coefficient (Wildman–Crippen LogP) is 1.79. The Balaban J connectivity index is 4.36. The van der Waals surface area contributed by atoms with Crippen molar-refractivity contribution in [3.63, 3.8) is 0 Å². The zero-order valence-electron chi connectivity index (χ0n) is 9.09. The Kier molecular flexibility index (Phi) is 3.93. The van der Waals surface area contributed by atoms with E-state index in [0.29, 0.717) is 0 Å². The number of hydrogen-bond acceptors (Lipinski definition) is 2. The van der Waals surface area contributed by atoms with E-state index >= 15 is 0 Å². The van der Waals surface area contributed by atoms with Crippen molar-refractivity contribution in [1.29, 1.82) is 5.26 Å². The minimum atomic E-state index is -0.107. The number of rotatable bonds is 2. The van der Waals surface area contributed by atoms with Crippen LogP contribution >= 0.6 is 0 Å². The molecule has 3 heteroatoms. The van der Waals surface area contributed by atoms with Gasteiger partial charge in [-0.15, -0.1) is 0 Å². The maximum absolute atomic E-state index is 11.3. The zero-order chi connectivity index (χ0) is 10.6. The average Bonchev–Trinajstić information content (AvgIpc) is 2.00. The van der Waals surface area contributed by atoms with Crippen LogP contribution in [0.1, 0.15) is 34.1 Å². The average molecular weight is 182 g/mol. The van der Waals surface area contributed by atoms with Gasteiger partial charge in [0.05, 0.1) is 6.07 Å². The molecule has 0 aromatic carbocycles. The van der Waals surface area contributed by atoms with Gasteiger partial charge >= 0.3 is 0 Å². The summed E-state index contributed by atoms with van der Waals surface area (Å²) in [5.41, 5.74) is 0.0554. The number of amides is 1. The second-order valence-electron chi connectivity index (χ2n) is 4.38. The molecule has 13 heavy (non-hydrogen) atoms. The summed E-state index contributed by atoms with van der Waals surface area (Å²) in [5, 5.41) is 8.37.